The number of hydrogen-bond donors (Lipinski definition) is 0. The normalized spacial score (nSPS) is 17.3. The predicted molar refractivity (Wildman–Crippen MR) is 68.7 cm³/mol. The third-order valence-electron chi connectivity index (χ3n) is 3.70. The summed E-state index contributed by atoms with van der Waals surface area (Å²) in [6.45, 7) is 1.18. The van der Waals surface area contributed by atoms with Gasteiger partial charge in [0, 0.05) is 31.7 Å². The number of rotatable bonds is 4. The third kappa shape index (κ3) is 3.22. The van der Waals surface area contributed by atoms with E-state index >= 15 is 0 Å². The molecule has 1 aromatic heterocycles. The van der Waals surface area contributed by atoms with Gasteiger partial charge in [-0.1, -0.05) is 32.1 Å². The van der Waals surface area contributed by atoms with Gasteiger partial charge in [-0.3, -0.25) is 4.98 Å². The number of aromatic nitrogens is 1. The largest absolute Gasteiger partial charge is 0.374 e. The zero-order chi connectivity index (χ0) is 11.2. The standard InChI is InChI=1S/C14H22N2/c1-16(14-7-10-15-11-8-14)12-9-13-5-3-2-4-6-13/h7-8,10-11,13H,2-6,9,12H2,1H3. The average Bonchev–Trinajstić information content (AvgIpc) is 2.38. The van der Waals surface area contributed by atoms with E-state index < -0.39 is 0 Å². The van der Waals surface area contributed by atoms with Crippen molar-refractivity contribution in [2.75, 3.05) is 18.5 Å². The fourth-order valence-corrected chi connectivity index (χ4v) is 2.58. The molecule has 0 spiro atoms. The first-order valence-corrected chi connectivity index (χ1v) is 6.47. The van der Waals surface area contributed by atoms with Crippen molar-refractivity contribution >= 4 is 5.69 Å². The van der Waals surface area contributed by atoms with Gasteiger partial charge in [0.05, 0.1) is 0 Å². The molecule has 0 aromatic carbocycles. The Morgan fingerprint density at radius 1 is 1.19 bits per heavy atom. The molecule has 1 saturated carbocycles. The van der Waals surface area contributed by atoms with Gasteiger partial charge in [0.25, 0.3) is 0 Å². The van der Waals surface area contributed by atoms with Crippen molar-refractivity contribution in [2.24, 2.45) is 5.92 Å². The Morgan fingerprint density at radius 3 is 2.56 bits per heavy atom. The Labute approximate surface area is 98.7 Å². The van der Waals surface area contributed by atoms with E-state index in [1.165, 1.54) is 50.8 Å². The molecule has 0 radical (unpaired) electrons. The molecule has 1 aliphatic rings. The maximum absolute atomic E-state index is 4.05. The maximum atomic E-state index is 4.05. The Balaban J connectivity index is 1.77. The van der Waals surface area contributed by atoms with Gasteiger partial charge in [0.2, 0.25) is 0 Å². The Kier molecular flexibility index (Phi) is 4.20. The minimum atomic E-state index is 0.970. The van der Waals surface area contributed by atoms with Crippen LogP contribution in [0.4, 0.5) is 5.69 Å². The summed E-state index contributed by atoms with van der Waals surface area (Å²) in [5.74, 6) is 0.970. The van der Waals surface area contributed by atoms with Gasteiger partial charge >= 0.3 is 0 Å². The van der Waals surface area contributed by atoms with Crippen molar-refractivity contribution in [3.8, 4) is 0 Å². The molecule has 0 N–H and O–H groups in total. The third-order valence-corrected chi connectivity index (χ3v) is 3.70. The molecule has 0 atom stereocenters. The summed E-state index contributed by atoms with van der Waals surface area (Å²) in [7, 11) is 2.18. The van der Waals surface area contributed by atoms with E-state index in [4.69, 9.17) is 0 Å². The molecule has 0 amide bonds. The van der Waals surface area contributed by atoms with Crippen molar-refractivity contribution in [3.63, 3.8) is 0 Å². The molecule has 1 aromatic rings. The van der Waals surface area contributed by atoms with Crippen molar-refractivity contribution in [2.45, 2.75) is 38.5 Å². The van der Waals surface area contributed by atoms with Crippen LogP contribution in [0.1, 0.15) is 38.5 Å². The van der Waals surface area contributed by atoms with E-state index in [1.54, 1.807) is 0 Å². The fourth-order valence-electron chi connectivity index (χ4n) is 2.58. The molecule has 2 rings (SSSR count). The van der Waals surface area contributed by atoms with Crippen LogP contribution >= 0.6 is 0 Å². The summed E-state index contributed by atoms with van der Waals surface area (Å²) in [6.07, 6.45) is 12.3. The highest BCUT2D eigenvalue weighted by atomic mass is 15.1. The van der Waals surface area contributed by atoms with Crippen molar-refractivity contribution in [1.82, 2.24) is 4.98 Å². The summed E-state index contributed by atoms with van der Waals surface area (Å²) in [5.41, 5.74) is 1.28. The molecule has 1 fully saturated rings. The fraction of sp³-hybridized carbons (Fsp3) is 0.643. The first-order chi connectivity index (χ1) is 7.86. The highest BCUT2D eigenvalue weighted by Gasteiger charge is 2.13. The molecule has 88 valence electrons. The lowest BCUT2D eigenvalue weighted by Crippen LogP contribution is -2.21. The van der Waals surface area contributed by atoms with Gasteiger partial charge in [-0.05, 0) is 24.5 Å². The van der Waals surface area contributed by atoms with E-state index in [2.05, 4.69) is 29.1 Å². The second-order valence-electron chi connectivity index (χ2n) is 4.92. The zero-order valence-electron chi connectivity index (χ0n) is 10.2. The molecule has 0 bridgehead atoms. The van der Waals surface area contributed by atoms with Crippen molar-refractivity contribution < 1.29 is 0 Å². The van der Waals surface area contributed by atoms with E-state index in [9.17, 15) is 0 Å². The lowest BCUT2D eigenvalue weighted by Gasteiger charge is -2.25. The maximum Gasteiger partial charge on any atom is 0.0394 e. The van der Waals surface area contributed by atoms with Crippen LogP contribution in [0.15, 0.2) is 24.5 Å². The topological polar surface area (TPSA) is 16.1 Å². The minimum absolute atomic E-state index is 0.970. The Bertz CT molecular complexity index is 291. The van der Waals surface area contributed by atoms with Crippen LogP contribution < -0.4 is 4.90 Å². The highest BCUT2D eigenvalue weighted by Crippen LogP contribution is 2.26. The smallest absolute Gasteiger partial charge is 0.0394 e. The second-order valence-corrected chi connectivity index (χ2v) is 4.92. The first kappa shape index (κ1) is 11.4. The monoisotopic (exact) mass is 218 g/mol. The van der Waals surface area contributed by atoms with Crippen LogP contribution in [0.3, 0.4) is 0 Å². The van der Waals surface area contributed by atoms with E-state index in [1.807, 2.05) is 12.4 Å². The van der Waals surface area contributed by atoms with Crippen LogP contribution in [0.25, 0.3) is 0 Å². The predicted octanol–water partition coefficient (Wildman–Crippen LogP) is 3.49. The van der Waals surface area contributed by atoms with Crippen LogP contribution in [0, 0.1) is 5.92 Å². The minimum Gasteiger partial charge on any atom is -0.374 e. The molecular weight excluding hydrogens is 196 g/mol. The molecule has 0 aliphatic heterocycles. The summed E-state index contributed by atoms with van der Waals surface area (Å²) in [6, 6.07) is 4.17. The van der Waals surface area contributed by atoms with Crippen molar-refractivity contribution in [1.29, 1.82) is 0 Å². The van der Waals surface area contributed by atoms with E-state index in [0.717, 1.165) is 5.92 Å². The second kappa shape index (κ2) is 5.88. The van der Waals surface area contributed by atoms with Crippen LogP contribution in [-0.2, 0) is 0 Å². The molecule has 1 aliphatic carbocycles. The van der Waals surface area contributed by atoms with Crippen LogP contribution in [0.2, 0.25) is 0 Å². The number of anilines is 1. The quantitative estimate of drug-likeness (QED) is 0.769. The lowest BCUT2D eigenvalue weighted by molar-refractivity contribution is 0.341. The summed E-state index contributed by atoms with van der Waals surface area (Å²) < 4.78 is 0. The van der Waals surface area contributed by atoms with Gasteiger partial charge in [0.1, 0.15) is 0 Å². The highest BCUT2D eigenvalue weighted by molar-refractivity contribution is 5.43. The summed E-state index contributed by atoms with van der Waals surface area (Å²) in [4.78, 5) is 6.39. The molecule has 2 nitrogen and oxygen atoms in total. The molecule has 2 heteroatoms. The number of hydrogen-bond acceptors (Lipinski definition) is 2. The number of nitrogens with zero attached hydrogens (tertiary/aromatic N) is 2. The Morgan fingerprint density at radius 2 is 1.88 bits per heavy atom. The first-order valence-electron chi connectivity index (χ1n) is 6.47. The van der Waals surface area contributed by atoms with Gasteiger partial charge in [-0.25, -0.2) is 0 Å². The molecule has 1 heterocycles. The van der Waals surface area contributed by atoms with E-state index in [-0.39, 0.29) is 0 Å². The zero-order valence-corrected chi connectivity index (χ0v) is 10.2. The van der Waals surface area contributed by atoms with Crippen LogP contribution in [0.5, 0.6) is 0 Å². The summed E-state index contributed by atoms with van der Waals surface area (Å²) in [5, 5.41) is 0. The van der Waals surface area contributed by atoms with Gasteiger partial charge < -0.3 is 4.90 Å². The SMILES string of the molecule is CN(CCC1CCCCC1)c1ccncc1. The molecular formula is C14H22N2. The lowest BCUT2D eigenvalue weighted by atomic mass is 9.87. The summed E-state index contributed by atoms with van der Waals surface area (Å²) >= 11 is 0. The number of pyridine rings is 1. The average molecular weight is 218 g/mol. The molecule has 16 heavy (non-hydrogen) atoms. The van der Waals surface area contributed by atoms with Gasteiger partial charge in [0.15, 0.2) is 0 Å². The van der Waals surface area contributed by atoms with Crippen molar-refractivity contribution in [3.05, 3.63) is 24.5 Å². The van der Waals surface area contributed by atoms with E-state index in [0.29, 0.717) is 0 Å². The molecule has 0 unspecified atom stereocenters. The Hall–Kier alpha value is -1.05. The van der Waals surface area contributed by atoms with Gasteiger partial charge in [-0.15, -0.1) is 0 Å². The molecule has 0 saturated heterocycles. The van der Waals surface area contributed by atoms with Crippen LogP contribution in [-0.4, -0.2) is 18.6 Å². The van der Waals surface area contributed by atoms with Gasteiger partial charge in [-0.2, -0.15) is 0 Å².